The van der Waals surface area contributed by atoms with E-state index in [-0.39, 0.29) is 17.6 Å². The van der Waals surface area contributed by atoms with E-state index in [1.54, 1.807) is 0 Å². The number of rotatable bonds is 5. The van der Waals surface area contributed by atoms with Gasteiger partial charge >= 0.3 is 0 Å². The average Bonchev–Trinajstić information content (AvgIpc) is 2.56. The van der Waals surface area contributed by atoms with Crippen molar-refractivity contribution in [1.82, 2.24) is 10.2 Å². The fraction of sp³-hybridized carbons (Fsp3) is 0.923. The van der Waals surface area contributed by atoms with Crippen molar-refractivity contribution in [3.63, 3.8) is 0 Å². The average molecular weight is 226 g/mol. The molecule has 0 aromatic carbocycles. The highest BCUT2D eigenvalue weighted by atomic mass is 16.2. The van der Waals surface area contributed by atoms with Crippen LogP contribution < -0.4 is 5.32 Å². The Morgan fingerprint density at radius 3 is 2.25 bits per heavy atom. The lowest BCUT2D eigenvalue weighted by Gasteiger charge is -2.31. The van der Waals surface area contributed by atoms with Crippen molar-refractivity contribution in [2.24, 2.45) is 0 Å². The molecule has 94 valence electrons. The molecule has 16 heavy (non-hydrogen) atoms. The van der Waals surface area contributed by atoms with Crippen molar-refractivity contribution in [1.29, 1.82) is 0 Å². The van der Waals surface area contributed by atoms with E-state index in [0.29, 0.717) is 6.04 Å². The summed E-state index contributed by atoms with van der Waals surface area (Å²) in [6.07, 6.45) is 4.15. The molecule has 1 amide bonds. The van der Waals surface area contributed by atoms with E-state index in [9.17, 15) is 4.79 Å². The van der Waals surface area contributed by atoms with Gasteiger partial charge in [-0.25, -0.2) is 0 Å². The molecule has 1 fully saturated rings. The summed E-state index contributed by atoms with van der Waals surface area (Å²) in [4.78, 5) is 14.5. The fourth-order valence-corrected chi connectivity index (χ4v) is 2.58. The van der Waals surface area contributed by atoms with Gasteiger partial charge in [0, 0.05) is 6.04 Å². The fourth-order valence-electron chi connectivity index (χ4n) is 2.58. The van der Waals surface area contributed by atoms with Crippen molar-refractivity contribution >= 4 is 5.91 Å². The third-order valence-electron chi connectivity index (χ3n) is 3.96. The molecular formula is C13H26N2O. The Morgan fingerprint density at radius 1 is 1.31 bits per heavy atom. The molecule has 0 bridgehead atoms. The van der Waals surface area contributed by atoms with Gasteiger partial charge in [0.15, 0.2) is 0 Å². The van der Waals surface area contributed by atoms with Crippen LogP contribution in [0.1, 0.15) is 60.3 Å². The molecule has 1 N–H and O–H groups in total. The van der Waals surface area contributed by atoms with Crippen molar-refractivity contribution < 1.29 is 4.79 Å². The minimum atomic E-state index is -0.344. The Balaban J connectivity index is 2.93. The lowest BCUT2D eigenvalue weighted by Crippen LogP contribution is -2.44. The molecule has 3 nitrogen and oxygen atoms in total. The molecule has 3 heteroatoms. The molecule has 1 saturated heterocycles. The quantitative estimate of drug-likeness (QED) is 0.781. The first-order valence-electron chi connectivity index (χ1n) is 6.64. The molecule has 0 aliphatic carbocycles. The zero-order valence-electron chi connectivity index (χ0n) is 11.3. The minimum absolute atomic E-state index is 0.224. The number of hydrogen-bond donors (Lipinski definition) is 1. The highest BCUT2D eigenvalue weighted by Crippen LogP contribution is 2.28. The highest BCUT2D eigenvalue weighted by Gasteiger charge is 2.47. The van der Waals surface area contributed by atoms with E-state index in [2.05, 4.69) is 37.9 Å². The smallest absolute Gasteiger partial charge is 0.244 e. The van der Waals surface area contributed by atoms with Crippen LogP contribution in [0.5, 0.6) is 0 Å². The first-order chi connectivity index (χ1) is 7.53. The normalized spacial score (nSPS) is 30.5. The summed E-state index contributed by atoms with van der Waals surface area (Å²) in [5, 5.41) is 3.49. The first kappa shape index (κ1) is 13.5. The monoisotopic (exact) mass is 226 g/mol. The summed E-state index contributed by atoms with van der Waals surface area (Å²) in [5.41, 5.74) is -0.344. The Bertz CT molecular complexity index is 250. The lowest BCUT2D eigenvalue weighted by molar-refractivity contribution is -0.135. The maximum absolute atomic E-state index is 12.5. The van der Waals surface area contributed by atoms with Gasteiger partial charge in [-0.1, -0.05) is 27.7 Å². The molecular weight excluding hydrogens is 200 g/mol. The first-order valence-corrected chi connectivity index (χ1v) is 6.64. The van der Waals surface area contributed by atoms with E-state index in [0.717, 1.165) is 25.7 Å². The molecule has 2 unspecified atom stereocenters. The van der Waals surface area contributed by atoms with Crippen LogP contribution in [-0.2, 0) is 4.79 Å². The topological polar surface area (TPSA) is 32.3 Å². The van der Waals surface area contributed by atoms with Crippen molar-refractivity contribution in [2.75, 3.05) is 0 Å². The number of nitrogens with one attached hydrogen (secondary N) is 1. The highest BCUT2D eigenvalue weighted by molar-refractivity contribution is 5.88. The third kappa shape index (κ3) is 2.10. The Kier molecular flexibility index (Phi) is 4.36. The van der Waals surface area contributed by atoms with Crippen LogP contribution in [0.3, 0.4) is 0 Å². The minimum Gasteiger partial charge on any atom is -0.323 e. The third-order valence-corrected chi connectivity index (χ3v) is 3.96. The van der Waals surface area contributed by atoms with E-state index >= 15 is 0 Å². The molecule has 2 atom stereocenters. The molecule has 1 rings (SSSR count). The molecule has 0 aromatic rings. The molecule has 0 saturated carbocycles. The van der Waals surface area contributed by atoms with Crippen LogP contribution in [-0.4, -0.2) is 28.6 Å². The Morgan fingerprint density at radius 2 is 1.88 bits per heavy atom. The van der Waals surface area contributed by atoms with Crippen LogP contribution in [0.2, 0.25) is 0 Å². The summed E-state index contributed by atoms with van der Waals surface area (Å²) in [6.45, 7) is 10.6. The number of carbonyl (C=O) groups excluding carboxylic acids is 1. The predicted octanol–water partition coefficient (Wildman–Crippen LogP) is 2.51. The summed E-state index contributed by atoms with van der Waals surface area (Å²) in [6, 6.07) is 0.387. The van der Waals surface area contributed by atoms with E-state index in [1.807, 2.05) is 6.92 Å². The predicted molar refractivity (Wildman–Crippen MR) is 67.1 cm³/mol. The van der Waals surface area contributed by atoms with Gasteiger partial charge in [-0.15, -0.1) is 0 Å². The summed E-state index contributed by atoms with van der Waals surface area (Å²) >= 11 is 0. The number of hydrogen-bond acceptors (Lipinski definition) is 2. The summed E-state index contributed by atoms with van der Waals surface area (Å²) < 4.78 is 0. The second kappa shape index (κ2) is 5.17. The maximum atomic E-state index is 12.5. The van der Waals surface area contributed by atoms with Crippen LogP contribution in [0.15, 0.2) is 0 Å². The molecule has 1 aliphatic rings. The van der Waals surface area contributed by atoms with Gasteiger partial charge in [0.1, 0.15) is 0 Å². The second-order valence-electron chi connectivity index (χ2n) is 4.94. The molecule has 0 spiro atoms. The SMILES string of the molecule is CCC(CC)N1C(=O)C(C)(CC)NC1CC. The zero-order chi connectivity index (χ0) is 12.3. The van der Waals surface area contributed by atoms with Crippen LogP contribution in [0, 0.1) is 0 Å². The Hall–Kier alpha value is -0.570. The molecule has 1 heterocycles. The van der Waals surface area contributed by atoms with Crippen LogP contribution >= 0.6 is 0 Å². The molecule has 0 radical (unpaired) electrons. The summed E-state index contributed by atoms with van der Waals surface area (Å²) in [7, 11) is 0. The number of amides is 1. The van der Waals surface area contributed by atoms with E-state index in [4.69, 9.17) is 0 Å². The van der Waals surface area contributed by atoms with Gasteiger partial charge in [0.05, 0.1) is 11.7 Å². The lowest BCUT2D eigenvalue weighted by atomic mass is 9.98. The van der Waals surface area contributed by atoms with E-state index < -0.39 is 0 Å². The van der Waals surface area contributed by atoms with Gasteiger partial charge < -0.3 is 4.90 Å². The van der Waals surface area contributed by atoms with Crippen molar-refractivity contribution in [2.45, 2.75) is 78.0 Å². The standard InChI is InChI=1S/C13H26N2O/c1-6-10(7-2)15-11(8-3)14-13(5,9-4)12(15)16/h10-11,14H,6-9H2,1-5H3. The zero-order valence-corrected chi connectivity index (χ0v) is 11.3. The van der Waals surface area contributed by atoms with E-state index in [1.165, 1.54) is 0 Å². The maximum Gasteiger partial charge on any atom is 0.244 e. The number of carbonyl (C=O) groups is 1. The van der Waals surface area contributed by atoms with Crippen LogP contribution in [0.4, 0.5) is 0 Å². The number of nitrogens with zero attached hydrogens (tertiary/aromatic N) is 1. The van der Waals surface area contributed by atoms with Gasteiger partial charge in [-0.2, -0.15) is 0 Å². The largest absolute Gasteiger partial charge is 0.323 e. The van der Waals surface area contributed by atoms with Crippen molar-refractivity contribution in [3.05, 3.63) is 0 Å². The molecule has 1 aliphatic heterocycles. The van der Waals surface area contributed by atoms with Crippen LogP contribution in [0.25, 0.3) is 0 Å². The molecule has 0 aromatic heterocycles. The van der Waals surface area contributed by atoms with Gasteiger partial charge in [-0.3, -0.25) is 10.1 Å². The Labute approximate surface area is 99.6 Å². The summed E-state index contributed by atoms with van der Waals surface area (Å²) in [5.74, 6) is 0.288. The van der Waals surface area contributed by atoms with Crippen molar-refractivity contribution in [3.8, 4) is 0 Å². The van der Waals surface area contributed by atoms with Gasteiger partial charge in [-0.05, 0) is 32.6 Å². The van der Waals surface area contributed by atoms with Gasteiger partial charge in [0.25, 0.3) is 0 Å². The van der Waals surface area contributed by atoms with Gasteiger partial charge in [0.2, 0.25) is 5.91 Å². The second-order valence-corrected chi connectivity index (χ2v) is 4.94.